The average Bonchev–Trinajstić information content (AvgIpc) is 3.39. The molecular weight excluding hydrogens is 525 g/mol. The molecule has 0 unspecified atom stereocenters. The molecule has 2 aromatic heterocycles. The summed E-state index contributed by atoms with van der Waals surface area (Å²) in [6.07, 6.45) is 2.22. The minimum absolute atomic E-state index is 0.220. The minimum atomic E-state index is -1.19. The summed E-state index contributed by atoms with van der Waals surface area (Å²) < 4.78 is 30.2. The second-order valence-electron chi connectivity index (χ2n) is 13.1. The van der Waals surface area contributed by atoms with Gasteiger partial charge in [-0.05, 0) is 77.8 Å². The first-order chi connectivity index (χ1) is 18.6. The van der Waals surface area contributed by atoms with Crippen LogP contribution in [0.2, 0.25) is 25.7 Å². The molecule has 0 saturated heterocycles. The number of rotatable bonds is 7. The summed E-state index contributed by atoms with van der Waals surface area (Å²) in [5, 5.41) is 5.01. The number of nitrogens with zero attached hydrogens (tertiary/aromatic N) is 5. The Bertz CT molecular complexity index is 1380. The van der Waals surface area contributed by atoms with Crippen LogP contribution in [0.15, 0.2) is 18.3 Å². The SMILES string of the molecule is Cc1cc(-n2nc3c(c2-c2cn(COCC[Si](C)(C)C)c(C)n2)[C@H](C)N(C(=O)OC(C)(C)C)CC3)cc(C)c1F. The van der Waals surface area contributed by atoms with Crippen LogP contribution in [-0.4, -0.2) is 57.2 Å². The molecule has 8 nitrogen and oxygen atoms in total. The smallest absolute Gasteiger partial charge is 0.410 e. The molecule has 0 bridgehead atoms. The number of hydrogen-bond donors (Lipinski definition) is 0. The van der Waals surface area contributed by atoms with Crippen molar-refractivity contribution in [2.45, 2.75) is 98.9 Å². The highest BCUT2D eigenvalue weighted by Gasteiger charge is 2.37. The second kappa shape index (κ2) is 11.1. The maximum Gasteiger partial charge on any atom is 0.410 e. The molecule has 0 spiro atoms. The van der Waals surface area contributed by atoms with Gasteiger partial charge >= 0.3 is 6.09 Å². The van der Waals surface area contributed by atoms with Gasteiger partial charge in [0.1, 0.15) is 29.7 Å². The standard InChI is InChI=1S/C30H44FN5O3Si/c1-19-15-23(16-20(2)27(19)31)36-28(25-17-34(22(4)32-25)18-38-13-14-40(8,9)10)26-21(3)35(12-11-24(26)33-36)29(37)39-30(5,6)7/h15-17,21H,11-14,18H2,1-10H3/t21-/m0/s1. The van der Waals surface area contributed by atoms with Crippen molar-refractivity contribution in [2.24, 2.45) is 0 Å². The van der Waals surface area contributed by atoms with E-state index in [1.165, 1.54) is 0 Å². The minimum Gasteiger partial charge on any atom is -0.444 e. The molecule has 0 saturated carbocycles. The molecule has 1 aliphatic heterocycles. The largest absolute Gasteiger partial charge is 0.444 e. The first-order valence-electron chi connectivity index (χ1n) is 14.1. The van der Waals surface area contributed by atoms with Crippen molar-refractivity contribution in [1.82, 2.24) is 24.2 Å². The maximum atomic E-state index is 14.6. The molecule has 1 atom stereocenters. The Morgan fingerprint density at radius 2 is 1.80 bits per heavy atom. The summed E-state index contributed by atoms with van der Waals surface area (Å²) in [5.41, 5.74) is 4.63. The third-order valence-corrected chi connectivity index (χ3v) is 8.92. The number of halogens is 1. The lowest BCUT2D eigenvalue weighted by molar-refractivity contribution is 0.0160. The van der Waals surface area contributed by atoms with Crippen LogP contribution >= 0.6 is 0 Å². The van der Waals surface area contributed by atoms with Crippen molar-refractivity contribution in [2.75, 3.05) is 13.2 Å². The molecule has 3 heterocycles. The molecule has 0 aliphatic carbocycles. The van der Waals surface area contributed by atoms with Gasteiger partial charge in [0.2, 0.25) is 0 Å². The number of ether oxygens (including phenoxy) is 2. The van der Waals surface area contributed by atoms with Crippen molar-refractivity contribution in [3.63, 3.8) is 0 Å². The number of carbonyl (C=O) groups excluding carboxylic acids is 1. The van der Waals surface area contributed by atoms with Gasteiger partial charge < -0.3 is 18.9 Å². The van der Waals surface area contributed by atoms with Crippen LogP contribution in [-0.2, 0) is 22.6 Å². The van der Waals surface area contributed by atoms with Gasteiger partial charge in [0, 0.05) is 39.4 Å². The van der Waals surface area contributed by atoms with Crippen LogP contribution in [0.4, 0.5) is 9.18 Å². The Labute approximate surface area is 238 Å². The molecule has 4 rings (SSSR count). The summed E-state index contributed by atoms with van der Waals surface area (Å²) in [6.45, 7) is 21.7. The Kier molecular flexibility index (Phi) is 8.34. The number of aromatic nitrogens is 4. The van der Waals surface area contributed by atoms with Gasteiger partial charge in [-0.3, -0.25) is 0 Å². The number of aryl methyl sites for hydroxylation is 3. The van der Waals surface area contributed by atoms with E-state index < -0.39 is 13.7 Å². The Morgan fingerprint density at radius 3 is 2.40 bits per heavy atom. The lowest BCUT2D eigenvalue weighted by Gasteiger charge is -2.34. The maximum absolute atomic E-state index is 14.6. The van der Waals surface area contributed by atoms with Gasteiger partial charge in [0.15, 0.2) is 0 Å². The average molecular weight is 570 g/mol. The van der Waals surface area contributed by atoms with Gasteiger partial charge in [0.25, 0.3) is 0 Å². The summed E-state index contributed by atoms with van der Waals surface area (Å²) in [6, 6.07) is 4.42. The molecule has 218 valence electrons. The van der Waals surface area contributed by atoms with E-state index in [2.05, 4.69) is 19.6 Å². The molecule has 0 N–H and O–H groups in total. The highest BCUT2D eigenvalue weighted by molar-refractivity contribution is 6.76. The van der Waals surface area contributed by atoms with E-state index in [4.69, 9.17) is 19.6 Å². The van der Waals surface area contributed by atoms with Crippen LogP contribution in [0.25, 0.3) is 17.1 Å². The van der Waals surface area contributed by atoms with E-state index >= 15 is 0 Å². The molecule has 1 aromatic carbocycles. The van der Waals surface area contributed by atoms with Gasteiger partial charge in [-0.15, -0.1) is 0 Å². The topological polar surface area (TPSA) is 74.4 Å². The van der Waals surface area contributed by atoms with Crippen molar-refractivity contribution in [3.8, 4) is 17.1 Å². The van der Waals surface area contributed by atoms with Gasteiger partial charge in [-0.1, -0.05) is 19.6 Å². The van der Waals surface area contributed by atoms with E-state index in [1.807, 2.05) is 62.2 Å². The molecule has 3 aromatic rings. The first-order valence-corrected chi connectivity index (χ1v) is 17.8. The van der Waals surface area contributed by atoms with Gasteiger partial charge in [-0.25, -0.2) is 18.9 Å². The van der Waals surface area contributed by atoms with Crippen LogP contribution in [0.3, 0.4) is 0 Å². The summed E-state index contributed by atoms with van der Waals surface area (Å²) >= 11 is 0. The van der Waals surface area contributed by atoms with Crippen LogP contribution in [0.1, 0.15) is 61.9 Å². The highest BCUT2D eigenvalue weighted by Crippen LogP contribution is 2.39. The quantitative estimate of drug-likeness (QED) is 0.227. The normalized spacial score (nSPS) is 15.9. The van der Waals surface area contributed by atoms with E-state index in [0.717, 1.165) is 40.2 Å². The molecule has 1 amide bonds. The number of carbonyl (C=O) groups is 1. The van der Waals surface area contributed by atoms with Crippen LogP contribution in [0.5, 0.6) is 0 Å². The molecule has 40 heavy (non-hydrogen) atoms. The fraction of sp³-hybridized carbons (Fsp3) is 0.567. The Morgan fingerprint density at radius 1 is 1.15 bits per heavy atom. The zero-order valence-corrected chi connectivity index (χ0v) is 26.7. The molecule has 0 fully saturated rings. The molecule has 0 radical (unpaired) electrons. The first kappa shape index (κ1) is 30.0. The predicted octanol–water partition coefficient (Wildman–Crippen LogP) is 6.97. The number of benzene rings is 1. The third-order valence-electron chi connectivity index (χ3n) is 7.21. The van der Waals surface area contributed by atoms with Crippen molar-refractivity contribution in [1.29, 1.82) is 0 Å². The summed E-state index contributed by atoms with van der Waals surface area (Å²) in [4.78, 5) is 19.8. The zero-order valence-electron chi connectivity index (χ0n) is 25.7. The number of amides is 1. The van der Waals surface area contributed by atoms with Gasteiger partial charge in [-0.2, -0.15) is 5.10 Å². The number of imidazole rings is 1. The Balaban J connectivity index is 1.78. The third kappa shape index (κ3) is 6.49. The van der Waals surface area contributed by atoms with E-state index in [9.17, 15) is 9.18 Å². The Hall–Kier alpha value is -2.98. The summed E-state index contributed by atoms with van der Waals surface area (Å²) in [5.74, 6) is 0.603. The number of hydrogen-bond acceptors (Lipinski definition) is 5. The molecular formula is C30H44FN5O3Si. The zero-order chi connectivity index (χ0) is 29.6. The molecule has 10 heteroatoms. The van der Waals surface area contributed by atoms with Crippen molar-refractivity contribution < 1.29 is 18.7 Å². The lowest BCUT2D eigenvalue weighted by atomic mass is 9.96. The van der Waals surface area contributed by atoms with Gasteiger partial charge in [0.05, 0.1) is 23.1 Å². The van der Waals surface area contributed by atoms with E-state index in [-0.39, 0.29) is 18.0 Å². The predicted molar refractivity (Wildman–Crippen MR) is 158 cm³/mol. The summed E-state index contributed by atoms with van der Waals surface area (Å²) in [7, 11) is -1.19. The van der Waals surface area contributed by atoms with E-state index in [1.54, 1.807) is 18.7 Å². The van der Waals surface area contributed by atoms with Crippen LogP contribution < -0.4 is 0 Å². The molecule has 1 aliphatic rings. The van der Waals surface area contributed by atoms with Crippen molar-refractivity contribution in [3.05, 3.63) is 52.4 Å². The number of fused-ring (bicyclic) bond motifs is 1. The van der Waals surface area contributed by atoms with Crippen LogP contribution in [0, 0.1) is 26.6 Å². The monoisotopic (exact) mass is 569 g/mol. The van der Waals surface area contributed by atoms with E-state index in [0.29, 0.717) is 37.4 Å². The fourth-order valence-electron chi connectivity index (χ4n) is 5.02. The van der Waals surface area contributed by atoms with Crippen molar-refractivity contribution >= 4 is 14.2 Å². The highest BCUT2D eigenvalue weighted by atomic mass is 28.3. The fourth-order valence-corrected chi connectivity index (χ4v) is 5.77. The lowest BCUT2D eigenvalue weighted by Crippen LogP contribution is -2.42. The second-order valence-corrected chi connectivity index (χ2v) is 18.7.